The van der Waals surface area contributed by atoms with Gasteiger partial charge in [-0.2, -0.15) is 0 Å². The molecule has 0 aromatic carbocycles. The van der Waals surface area contributed by atoms with Crippen molar-refractivity contribution >= 4 is 27.4 Å². The second-order valence-electron chi connectivity index (χ2n) is 4.68. The van der Waals surface area contributed by atoms with E-state index >= 15 is 0 Å². The van der Waals surface area contributed by atoms with Crippen LogP contribution in [0.15, 0.2) is 11.4 Å². The molecule has 0 saturated heterocycles. The Morgan fingerprint density at radius 2 is 2.00 bits per heavy atom. The molecule has 116 valence electrons. The van der Waals surface area contributed by atoms with E-state index in [1.165, 1.54) is 0 Å². The number of thiophene rings is 1. The fourth-order valence-corrected chi connectivity index (χ4v) is 2.68. The molecule has 0 aliphatic carbocycles. The van der Waals surface area contributed by atoms with E-state index < -0.39 is 0 Å². The van der Waals surface area contributed by atoms with Crippen molar-refractivity contribution in [3.05, 3.63) is 17.3 Å². The van der Waals surface area contributed by atoms with Crippen molar-refractivity contribution in [1.29, 1.82) is 0 Å². The fourth-order valence-electron chi connectivity index (χ4n) is 1.90. The summed E-state index contributed by atoms with van der Waals surface area (Å²) in [6, 6.07) is 2.05. The Balaban J connectivity index is 1.84. The maximum atomic E-state index is 5.59. The Morgan fingerprint density at radius 3 is 2.81 bits per heavy atom. The summed E-state index contributed by atoms with van der Waals surface area (Å²) in [5, 5.41) is 6.39. The lowest BCUT2D eigenvalue weighted by atomic mass is 10.3. The monoisotopic (exact) mass is 309 g/mol. The van der Waals surface area contributed by atoms with Gasteiger partial charge in [0.15, 0.2) is 5.82 Å². The Labute approximate surface area is 129 Å². The normalized spacial score (nSPS) is 11.1. The van der Waals surface area contributed by atoms with Crippen molar-refractivity contribution in [3.8, 4) is 0 Å². The molecule has 0 radical (unpaired) electrons. The molecule has 0 amide bonds. The first-order chi connectivity index (χ1) is 10.3. The van der Waals surface area contributed by atoms with E-state index in [0.717, 1.165) is 47.9 Å². The van der Waals surface area contributed by atoms with Crippen LogP contribution >= 0.6 is 11.3 Å². The zero-order chi connectivity index (χ0) is 14.9. The van der Waals surface area contributed by atoms with Gasteiger partial charge in [-0.25, -0.2) is 9.97 Å². The number of anilines is 1. The van der Waals surface area contributed by atoms with Crippen molar-refractivity contribution in [3.63, 3.8) is 0 Å². The number of nitrogens with zero attached hydrogens (tertiary/aromatic N) is 2. The molecule has 0 unspecified atom stereocenters. The van der Waals surface area contributed by atoms with E-state index in [2.05, 4.69) is 29.1 Å². The predicted molar refractivity (Wildman–Crippen MR) is 87.0 cm³/mol. The average molecular weight is 309 g/mol. The largest absolute Gasteiger partial charge is 0.379 e. The van der Waals surface area contributed by atoms with E-state index in [1.54, 1.807) is 11.3 Å². The number of unbranched alkanes of at least 4 members (excludes halogenated alkanes) is 1. The molecule has 0 spiro atoms. The molecule has 0 fully saturated rings. The second kappa shape index (κ2) is 8.92. The topological polar surface area (TPSA) is 56.3 Å². The molecule has 2 heterocycles. The molecule has 0 aliphatic heterocycles. The Bertz CT molecular complexity index is 545. The fraction of sp³-hybridized carbons (Fsp3) is 0.600. The number of fused-ring (bicyclic) bond motifs is 1. The van der Waals surface area contributed by atoms with Gasteiger partial charge in [0, 0.05) is 13.2 Å². The molecule has 2 rings (SSSR count). The van der Waals surface area contributed by atoms with E-state index in [0.29, 0.717) is 19.8 Å². The van der Waals surface area contributed by atoms with E-state index in [1.807, 2.05) is 11.4 Å². The minimum atomic E-state index is 0.420. The summed E-state index contributed by atoms with van der Waals surface area (Å²) in [6.07, 6.45) is 2.26. The third-order valence-corrected chi connectivity index (χ3v) is 3.77. The number of hydrogen-bond acceptors (Lipinski definition) is 6. The van der Waals surface area contributed by atoms with Crippen LogP contribution in [0.5, 0.6) is 0 Å². The highest BCUT2D eigenvalue weighted by molar-refractivity contribution is 7.16. The summed E-state index contributed by atoms with van der Waals surface area (Å²) in [5.41, 5.74) is 0. The average Bonchev–Trinajstić information content (AvgIpc) is 2.95. The Morgan fingerprint density at radius 1 is 1.14 bits per heavy atom. The summed E-state index contributed by atoms with van der Waals surface area (Å²) in [4.78, 5) is 10.1. The third kappa shape index (κ3) is 4.91. The number of aromatic nitrogens is 2. The molecule has 1 N–H and O–H groups in total. The molecule has 0 aliphatic rings. The number of ether oxygens (including phenoxy) is 2. The van der Waals surface area contributed by atoms with E-state index in [4.69, 9.17) is 9.47 Å². The molecule has 0 saturated carbocycles. The third-order valence-electron chi connectivity index (χ3n) is 2.96. The van der Waals surface area contributed by atoms with Crippen LogP contribution in [0.25, 0.3) is 10.2 Å². The van der Waals surface area contributed by atoms with Crippen LogP contribution in [0.3, 0.4) is 0 Å². The molecule has 0 atom stereocenters. The van der Waals surface area contributed by atoms with Crippen molar-refractivity contribution in [1.82, 2.24) is 9.97 Å². The quantitative estimate of drug-likeness (QED) is 0.681. The minimum Gasteiger partial charge on any atom is -0.379 e. The SMILES string of the molecule is CCCCOCCOCc1nc(NCC)c2ccsc2n1. The van der Waals surface area contributed by atoms with Crippen molar-refractivity contribution in [2.75, 3.05) is 31.7 Å². The summed E-state index contributed by atoms with van der Waals surface area (Å²) in [5.74, 6) is 1.61. The van der Waals surface area contributed by atoms with Crippen LogP contribution in [0.2, 0.25) is 0 Å². The molecular weight excluding hydrogens is 286 g/mol. The first-order valence-electron chi connectivity index (χ1n) is 7.48. The summed E-state index contributed by atoms with van der Waals surface area (Å²) in [6.45, 7) is 7.48. The lowest BCUT2D eigenvalue weighted by Gasteiger charge is -2.08. The van der Waals surface area contributed by atoms with Gasteiger partial charge in [0.25, 0.3) is 0 Å². The van der Waals surface area contributed by atoms with Crippen LogP contribution < -0.4 is 5.32 Å². The van der Waals surface area contributed by atoms with E-state index in [9.17, 15) is 0 Å². The Hall–Kier alpha value is -1.24. The van der Waals surface area contributed by atoms with Crippen molar-refractivity contribution in [2.24, 2.45) is 0 Å². The first-order valence-corrected chi connectivity index (χ1v) is 8.36. The minimum absolute atomic E-state index is 0.420. The lowest BCUT2D eigenvalue weighted by Crippen LogP contribution is -2.08. The van der Waals surface area contributed by atoms with Gasteiger partial charge in [0.1, 0.15) is 17.3 Å². The lowest BCUT2D eigenvalue weighted by molar-refractivity contribution is 0.0375. The summed E-state index contributed by atoms with van der Waals surface area (Å²) in [7, 11) is 0. The molecule has 21 heavy (non-hydrogen) atoms. The summed E-state index contributed by atoms with van der Waals surface area (Å²) < 4.78 is 11.0. The van der Waals surface area contributed by atoms with Crippen LogP contribution in [0.4, 0.5) is 5.82 Å². The maximum absolute atomic E-state index is 5.59. The molecule has 0 bridgehead atoms. The van der Waals surface area contributed by atoms with E-state index in [-0.39, 0.29) is 0 Å². The maximum Gasteiger partial charge on any atom is 0.158 e. The summed E-state index contributed by atoms with van der Waals surface area (Å²) >= 11 is 1.62. The highest BCUT2D eigenvalue weighted by atomic mass is 32.1. The zero-order valence-electron chi connectivity index (χ0n) is 12.7. The molecule has 5 nitrogen and oxygen atoms in total. The number of rotatable bonds is 10. The molecular formula is C15H23N3O2S. The van der Waals surface area contributed by atoms with Gasteiger partial charge in [0.05, 0.1) is 18.6 Å². The molecule has 2 aromatic rings. The number of nitrogens with one attached hydrogen (secondary N) is 1. The van der Waals surface area contributed by atoms with Gasteiger partial charge in [0.2, 0.25) is 0 Å². The van der Waals surface area contributed by atoms with Crippen molar-refractivity contribution in [2.45, 2.75) is 33.3 Å². The van der Waals surface area contributed by atoms with Gasteiger partial charge >= 0.3 is 0 Å². The second-order valence-corrected chi connectivity index (χ2v) is 5.57. The van der Waals surface area contributed by atoms with Crippen LogP contribution in [0.1, 0.15) is 32.5 Å². The molecule has 2 aromatic heterocycles. The van der Waals surface area contributed by atoms with Crippen molar-refractivity contribution < 1.29 is 9.47 Å². The molecule has 6 heteroatoms. The van der Waals surface area contributed by atoms with Gasteiger partial charge in [-0.05, 0) is 24.8 Å². The highest BCUT2D eigenvalue weighted by Crippen LogP contribution is 2.25. The smallest absolute Gasteiger partial charge is 0.158 e. The van der Waals surface area contributed by atoms with Crippen LogP contribution in [-0.2, 0) is 16.1 Å². The standard InChI is InChI=1S/C15H23N3O2S/c1-3-5-7-19-8-9-20-11-13-17-14(16-4-2)12-6-10-21-15(12)18-13/h6,10H,3-5,7-9,11H2,1-2H3,(H,16,17,18). The first kappa shape index (κ1) is 16.1. The zero-order valence-corrected chi connectivity index (χ0v) is 13.5. The highest BCUT2D eigenvalue weighted by Gasteiger charge is 2.08. The van der Waals surface area contributed by atoms with Gasteiger partial charge < -0.3 is 14.8 Å². The van der Waals surface area contributed by atoms with Crippen LogP contribution in [0, 0.1) is 0 Å². The predicted octanol–water partition coefficient (Wildman–Crippen LogP) is 3.46. The number of hydrogen-bond donors (Lipinski definition) is 1. The van der Waals surface area contributed by atoms with Gasteiger partial charge in [-0.15, -0.1) is 11.3 Å². The van der Waals surface area contributed by atoms with Gasteiger partial charge in [-0.3, -0.25) is 0 Å². The Kier molecular flexibility index (Phi) is 6.85. The van der Waals surface area contributed by atoms with Gasteiger partial charge in [-0.1, -0.05) is 13.3 Å². The van der Waals surface area contributed by atoms with Crippen LogP contribution in [-0.4, -0.2) is 36.3 Å².